The summed E-state index contributed by atoms with van der Waals surface area (Å²) in [4.78, 5) is 49.0. The van der Waals surface area contributed by atoms with Crippen molar-refractivity contribution in [1.82, 2.24) is 5.32 Å². The number of ketones is 1. The molecule has 0 heterocycles. The maximum atomic E-state index is 13.4. The van der Waals surface area contributed by atoms with Crippen molar-refractivity contribution >= 4 is 23.3 Å². The Morgan fingerprint density at radius 2 is 1.46 bits per heavy atom. The Labute approximate surface area is 203 Å². The van der Waals surface area contributed by atoms with Gasteiger partial charge in [-0.3, -0.25) is 19.7 Å². The first-order chi connectivity index (χ1) is 16.8. The number of esters is 1. The van der Waals surface area contributed by atoms with Gasteiger partial charge in [-0.25, -0.2) is 4.79 Å². The number of ether oxygens (including phenoxy) is 1. The highest BCUT2D eigenvalue weighted by Gasteiger charge is 2.31. The Morgan fingerprint density at radius 3 is 1.97 bits per heavy atom. The van der Waals surface area contributed by atoms with Crippen LogP contribution in [0.2, 0.25) is 0 Å². The molecule has 3 aromatic carbocycles. The molecule has 0 fully saturated rings. The fraction of sp³-hybridized carbons (Fsp3) is 0.222. The molecule has 0 unspecified atom stereocenters. The van der Waals surface area contributed by atoms with Crippen LogP contribution in [0.3, 0.4) is 0 Å². The van der Waals surface area contributed by atoms with Crippen molar-refractivity contribution in [3.05, 3.63) is 112 Å². The number of carbonyl (C=O) groups excluding carboxylic acids is 3. The fourth-order valence-corrected chi connectivity index (χ4v) is 3.62. The summed E-state index contributed by atoms with van der Waals surface area (Å²) >= 11 is 0. The van der Waals surface area contributed by atoms with E-state index in [9.17, 15) is 24.5 Å². The molecular formula is C27H26N2O6. The summed E-state index contributed by atoms with van der Waals surface area (Å²) in [5, 5.41) is 13.7. The molecule has 0 radical (unpaired) electrons. The monoisotopic (exact) mass is 474 g/mol. The molecule has 1 N–H and O–H groups in total. The lowest BCUT2D eigenvalue weighted by Gasteiger charge is -2.24. The van der Waals surface area contributed by atoms with Gasteiger partial charge in [0.15, 0.2) is 6.61 Å². The van der Waals surface area contributed by atoms with Crippen LogP contribution in [-0.4, -0.2) is 35.2 Å². The highest BCUT2D eigenvalue weighted by molar-refractivity contribution is 5.99. The Kier molecular flexibility index (Phi) is 8.45. The molecule has 0 aliphatic heterocycles. The lowest BCUT2D eigenvalue weighted by atomic mass is 9.90. The minimum atomic E-state index is -0.990. The molecule has 0 aliphatic carbocycles. The number of rotatable bonds is 10. The van der Waals surface area contributed by atoms with Gasteiger partial charge >= 0.3 is 5.97 Å². The van der Waals surface area contributed by atoms with E-state index < -0.39 is 35.2 Å². The summed E-state index contributed by atoms with van der Waals surface area (Å²) in [5.74, 6) is -2.66. The maximum absolute atomic E-state index is 13.4. The van der Waals surface area contributed by atoms with E-state index in [-0.39, 0.29) is 23.1 Å². The van der Waals surface area contributed by atoms with Crippen molar-refractivity contribution in [2.24, 2.45) is 5.92 Å². The van der Waals surface area contributed by atoms with Gasteiger partial charge in [-0.1, -0.05) is 86.6 Å². The van der Waals surface area contributed by atoms with E-state index in [4.69, 9.17) is 4.74 Å². The molecule has 3 rings (SSSR count). The van der Waals surface area contributed by atoms with E-state index in [1.807, 2.05) is 60.7 Å². The molecule has 1 amide bonds. The van der Waals surface area contributed by atoms with Crippen molar-refractivity contribution in [3.63, 3.8) is 0 Å². The Morgan fingerprint density at radius 1 is 0.886 bits per heavy atom. The van der Waals surface area contributed by atoms with Gasteiger partial charge in [0.2, 0.25) is 11.7 Å². The molecule has 0 bridgehead atoms. The van der Waals surface area contributed by atoms with Gasteiger partial charge in [0.1, 0.15) is 6.04 Å². The smallest absolute Gasteiger partial charge is 0.329 e. The molecular weight excluding hydrogens is 448 g/mol. The Hall–Kier alpha value is -4.33. The number of nitrogens with one attached hydrogen (secondary N) is 1. The largest absolute Gasteiger partial charge is 0.456 e. The molecule has 0 aliphatic rings. The third-order valence-corrected chi connectivity index (χ3v) is 5.47. The molecule has 0 aromatic heterocycles. The minimum absolute atomic E-state index is 0.0605. The fourth-order valence-electron chi connectivity index (χ4n) is 3.62. The molecule has 3 aromatic rings. The van der Waals surface area contributed by atoms with Crippen LogP contribution in [0.4, 0.5) is 5.69 Å². The summed E-state index contributed by atoms with van der Waals surface area (Å²) in [5.41, 5.74) is 1.37. The summed E-state index contributed by atoms with van der Waals surface area (Å²) in [6.45, 7) is 2.92. The minimum Gasteiger partial charge on any atom is -0.456 e. The van der Waals surface area contributed by atoms with E-state index >= 15 is 0 Å². The van der Waals surface area contributed by atoms with Crippen LogP contribution in [0.1, 0.15) is 41.3 Å². The third-order valence-electron chi connectivity index (χ3n) is 5.47. The number of hydrogen-bond acceptors (Lipinski definition) is 6. The van der Waals surface area contributed by atoms with Crippen LogP contribution in [0.15, 0.2) is 84.9 Å². The van der Waals surface area contributed by atoms with Crippen molar-refractivity contribution in [2.45, 2.75) is 25.8 Å². The Bertz CT molecular complexity index is 1160. The predicted octanol–water partition coefficient (Wildman–Crippen LogP) is 4.29. The van der Waals surface area contributed by atoms with Crippen LogP contribution in [0.5, 0.6) is 0 Å². The standard InChI is InChI=1S/C27H26N2O6/c1-18(2)25(27(32)35-17-23(30)21-14-9-15-22(16-21)29(33)34)28-26(31)24(19-10-5-3-6-11-19)20-12-7-4-8-13-20/h3-16,18,24-25H,17H2,1-2H3,(H,28,31)/t25-/m0/s1. The van der Waals surface area contributed by atoms with Gasteiger partial charge < -0.3 is 10.1 Å². The summed E-state index contributed by atoms with van der Waals surface area (Å²) in [6.07, 6.45) is 0. The number of Topliss-reactive ketones (excluding diaryl/α,β-unsaturated/α-hetero) is 1. The number of nitro groups is 1. The average molecular weight is 475 g/mol. The first-order valence-electron chi connectivity index (χ1n) is 11.1. The highest BCUT2D eigenvalue weighted by atomic mass is 16.6. The SMILES string of the molecule is CC(C)[C@H](NC(=O)C(c1ccccc1)c1ccccc1)C(=O)OCC(=O)c1cccc([N+](=O)[O-])c1. The molecule has 0 saturated carbocycles. The predicted molar refractivity (Wildman–Crippen MR) is 130 cm³/mol. The van der Waals surface area contributed by atoms with Gasteiger partial charge in [-0.05, 0) is 17.0 Å². The first-order valence-corrected chi connectivity index (χ1v) is 11.1. The summed E-state index contributed by atoms with van der Waals surface area (Å²) < 4.78 is 5.20. The maximum Gasteiger partial charge on any atom is 0.329 e. The number of benzene rings is 3. The molecule has 0 spiro atoms. The van der Waals surface area contributed by atoms with Gasteiger partial charge in [-0.15, -0.1) is 0 Å². The van der Waals surface area contributed by atoms with Crippen LogP contribution < -0.4 is 5.32 Å². The second kappa shape index (κ2) is 11.7. The van der Waals surface area contributed by atoms with Crippen LogP contribution >= 0.6 is 0 Å². The average Bonchev–Trinajstić information content (AvgIpc) is 2.87. The molecule has 35 heavy (non-hydrogen) atoms. The normalized spacial score (nSPS) is 11.7. The van der Waals surface area contributed by atoms with E-state index in [0.29, 0.717) is 0 Å². The van der Waals surface area contributed by atoms with Gasteiger partial charge in [0, 0.05) is 17.7 Å². The highest BCUT2D eigenvalue weighted by Crippen LogP contribution is 2.25. The lowest BCUT2D eigenvalue weighted by Crippen LogP contribution is -2.47. The number of carbonyl (C=O) groups is 3. The number of non-ortho nitro benzene ring substituents is 1. The topological polar surface area (TPSA) is 116 Å². The number of amides is 1. The molecule has 1 atom stereocenters. The van der Waals surface area contributed by atoms with Gasteiger partial charge in [0.25, 0.3) is 5.69 Å². The zero-order chi connectivity index (χ0) is 25.4. The van der Waals surface area contributed by atoms with Crippen molar-refractivity contribution in [3.8, 4) is 0 Å². The lowest BCUT2D eigenvalue weighted by molar-refractivity contribution is -0.384. The molecule has 0 saturated heterocycles. The zero-order valence-electron chi connectivity index (χ0n) is 19.4. The number of nitro benzene ring substituents is 1. The number of nitrogens with zero attached hydrogens (tertiary/aromatic N) is 1. The van der Waals surface area contributed by atoms with E-state index in [1.165, 1.54) is 18.2 Å². The van der Waals surface area contributed by atoms with Crippen LogP contribution in [0.25, 0.3) is 0 Å². The quantitative estimate of drug-likeness (QED) is 0.203. The zero-order valence-corrected chi connectivity index (χ0v) is 19.4. The van der Waals surface area contributed by atoms with Crippen molar-refractivity contribution in [1.29, 1.82) is 0 Å². The van der Waals surface area contributed by atoms with Crippen LogP contribution in [0, 0.1) is 16.0 Å². The summed E-state index contributed by atoms with van der Waals surface area (Å²) in [7, 11) is 0. The molecule has 180 valence electrons. The first kappa shape index (κ1) is 25.3. The second-order valence-electron chi connectivity index (χ2n) is 8.32. The van der Waals surface area contributed by atoms with E-state index in [1.54, 1.807) is 13.8 Å². The van der Waals surface area contributed by atoms with Crippen molar-refractivity contribution < 1.29 is 24.0 Å². The van der Waals surface area contributed by atoms with E-state index in [2.05, 4.69) is 5.32 Å². The summed E-state index contributed by atoms with van der Waals surface area (Å²) in [6, 6.07) is 22.7. The molecule has 8 heteroatoms. The van der Waals surface area contributed by atoms with Crippen LogP contribution in [-0.2, 0) is 14.3 Å². The third kappa shape index (κ3) is 6.60. The number of hydrogen-bond donors (Lipinski definition) is 1. The van der Waals surface area contributed by atoms with Gasteiger partial charge in [0.05, 0.1) is 10.8 Å². The van der Waals surface area contributed by atoms with Crippen molar-refractivity contribution in [2.75, 3.05) is 6.61 Å². The van der Waals surface area contributed by atoms with E-state index in [0.717, 1.165) is 17.2 Å². The molecule has 8 nitrogen and oxygen atoms in total. The van der Waals surface area contributed by atoms with Gasteiger partial charge in [-0.2, -0.15) is 0 Å². The second-order valence-corrected chi connectivity index (χ2v) is 8.32. The Balaban J connectivity index is 1.73.